The molecule has 7 heteroatoms. The van der Waals surface area contributed by atoms with Crippen LogP contribution < -0.4 is 5.32 Å². The van der Waals surface area contributed by atoms with E-state index < -0.39 is 11.6 Å². The zero-order valence-corrected chi connectivity index (χ0v) is 14.8. The van der Waals surface area contributed by atoms with Gasteiger partial charge in [-0.05, 0) is 40.5 Å². The zero-order valence-electron chi connectivity index (χ0n) is 14.8. The number of rotatable bonds is 0. The molecule has 2 aliphatic heterocycles. The first kappa shape index (κ1) is 19.7. The average molecular weight is 330 g/mol. The molecule has 7 nitrogen and oxygen atoms in total. The summed E-state index contributed by atoms with van der Waals surface area (Å²) in [7, 11) is 0. The Morgan fingerprint density at radius 3 is 2.26 bits per heavy atom. The predicted molar refractivity (Wildman–Crippen MR) is 86.5 cm³/mol. The summed E-state index contributed by atoms with van der Waals surface area (Å²) in [6.45, 7) is 12.1. The smallest absolute Gasteiger partial charge is 0.410 e. The van der Waals surface area contributed by atoms with Gasteiger partial charge in [-0.2, -0.15) is 0 Å². The quantitative estimate of drug-likeness (QED) is 0.705. The highest BCUT2D eigenvalue weighted by Crippen LogP contribution is 2.29. The van der Waals surface area contributed by atoms with E-state index in [1.807, 2.05) is 20.8 Å². The summed E-state index contributed by atoms with van der Waals surface area (Å²) in [5.41, 5.74) is -0.514. The van der Waals surface area contributed by atoms with Gasteiger partial charge in [0.25, 0.3) is 5.97 Å². The van der Waals surface area contributed by atoms with Gasteiger partial charge in [-0.15, -0.1) is 0 Å². The Labute approximate surface area is 138 Å². The van der Waals surface area contributed by atoms with Gasteiger partial charge >= 0.3 is 6.09 Å². The molecular formula is C16H30N2O5. The van der Waals surface area contributed by atoms with Crippen LogP contribution in [0.25, 0.3) is 0 Å². The molecule has 134 valence electrons. The summed E-state index contributed by atoms with van der Waals surface area (Å²) in [6, 6.07) is 0. The number of morpholine rings is 1. The number of nitrogens with one attached hydrogen (secondary N) is 1. The first-order valence-corrected chi connectivity index (χ1v) is 8.09. The number of carbonyl (C=O) groups is 2. The maximum atomic E-state index is 12.0. The highest BCUT2D eigenvalue weighted by Gasteiger charge is 2.40. The third-order valence-corrected chi connectivity index (χ3v) is 3.66. The number of aliphatic carboxylic acids is 1. The number of ether oxygens (including phenoxy) is 2. The van der Waals surface area contributed by atoms with Crippen LogP contribution in [0.15, 0.2) is 0 Å². The van der Waals surface area contributed by atoms with E-state index in [1.165, 1.54) is 0 Å². The molecule has 2 aliphatic rings. The molecule has 0 aromatic heterocycles. The molecule has 2 N–H and O–H groups in total. The molecule has 0 saturated carbocycles. The van der Waals surface area contributed by atoms with Gasteiger partial charge in [0, 0.05) is 33.1 Å². The fourth-order valence-electron chi connectivity index (χ4n) is 2.73. The van der Waals surface area contributed by atoms with Crippen molar-refractivity contribution in [3.8, 4) is 0 Å². The van der Waals surface area contributed by atoms with Crippen LogP contribution in [0.5, 0.6) is 0 Å². The van der Waals surface area contributed by atoms with E-state index >= 15 is 0 Å². The van der Waals surface area contributed by atoms with E-state index in [0.717, 1.165) is 32.9 Å². The molecule has 0 unspecified atom stereocenters. The standard InChI is InChI=1S/C14H26N2O3.C2H4O2/c1-11-9-15-10-14(18-11)5-7-16(8-6-14)12(17)19-13(2,3)4;1-2(3)4/h11,15H,5-10H2,1-4H3;1H3,(H,3,4)/t11-;/m1./s1. The first-order valence-electron chi connectivity index (χ1n) is 8.09. The summed E-state index contributed by atoms with van der Waals surface area (Å²) >= 11 is 0. The fourth-order valence-corrected chi connectivity index (χ4v) is 2.73. The van der Waals surface area contributed by atoms with Gasteiger partial charge in [-0.3, -0.25) is 4.79 Å². The Hall–Kier alpha value is -1.34. The number of hydrogen-bond acceptors (Lipinski definition) is 5. The predicted octanol–water partition coefficient (Wildman–Crippen LogP) is 1.86. The molecule has 2 heterocycles. The topological polar surface area (TPSA) is 88.1 Å². The third-order valence-electron chi connectivity index (χ3n) is 3.66. The number of hydrogen-bond donors (Lipinski definition) is 2. The number of carboxylic acid groups (broad SMARTS) is 1. The minimum Gasteiger partial charge on any atom is -0.481 e. The van der Waals surface area contributed by atoms with Gasteiger partial charge in [0.1, 0.15) is 5.60 Å². The van der Waals surface area contributed by atoms with Gasteiger partial charge in [-0.1, -0.05) is 0 Å². The van der Waals surface area contributed by atoms with E-state index in [1.54, 1.807) is 4.90 Å². The second kappa shape index (κ2) is 7.97. The summed E-state index contributed by atoms with van der Waals surface area (Å²) in [5.74, 6) is -0.833. The van der Waals surface area contributed by atoms with Crippen LogP contribution in [-0.2, 0) is 14.3 Å². The minimum atomic E-state index is -0.833. The first-order chi connectivity index (χ1) is 10.5. The van der Waals surface area contributed by atoms with Crippen molar-refractivity contribution in [1.82, 2.24) is 10.2 Å². The summed E-state index contributed by atoms with van der Waals surface area (Å²) in [5, 5.41) is 10.8. The highest BCUT2D eigenvalue weighted by molar-refractivity contribution is 5.68. The van der Waals surface area contributed by atoms with Crippen molar-refractivity contribution in [2.24, 2.45) is 0 Å². The SMILES string of the molecule is CC(=O)O.C[C@@H]1CNCC2(CCN(C(=O)OC(C)(C)C)CC2)O1. The second-order valence-corrected chi connectivity index (χ2v) is 7.23. The number of nitrogens with zero attached hydrogens (tertiary/aromatic N) is 1. The molecule has 0 aromatic rings. The lowest BCUT2D eigenvalue weighted by Gasteiger charge is -2.46. The van der Waals surface area contributed by atoms with Crippen molar-refractivity contribution in [3.05, 3.63) is 0 Å². The van der Waals surface area contributed by atoms with Crippen LogP contribution in [0.3, 0.4) is 0 Å². The van der Waals surface area contributed by atoms with E-state index in [2.05, 4.69) is 12.2 Å². The van der Waals surface area contributed by atoms with Crippen molar-refractivity contribution in [3.63, 3.8) is 0 Å². The van der Waals surface area contributed by atoms with Crippen molar-refractivity contribution >= 4 is 12.1 Å². The summed E-state index contributed by atoms with van der Waals surface area (Å²) in [4.78, 5) is 22.8. The lowest BCUT2D eigenvalue weighted by Crippen LogP contribution is -2.58. The Bertz CT molecular complexity index is 407. The van der Waals surface area contributed by atoms with Gasteiger partial charge < -0.3 is 24.8 Å². The van der Waals surface area contributed by atoms with Gasteiger partial charge in [0.15, 0.2) is 0 Å². The van der Waals surface area contributed by atoms with Crippen LogP contribution in [0.1, 0.15) is 47.5 Å². The number of amides is 1. The van der Waals surface area contributed by atoms with Crippen LogP contribution in [-0.4, -0.2) is 65.6 Å². The van der Waals surface area contributed by atoms with Crippen LogP contribution >= 0.6 is 0 Å². The highest BCUT2D eigenvalue weighted by atomic mass is 16.6. The fraction of sp³-hybridized carbons (Fsp3) is 0.875. The Kier molecular flexibility index (Phi) is 6.83. The molecule has 1 amide bonds. The van der Waals surface area contributed by atoms with Crippen LogP contribution in [0, 0.1) is 0 Å². The lowest BCUT2D eigenvalue weighted by atomic mass is 9.89. The number of carboxylic acids is 1. The largest absolute Gasteiger partial charge is 0.481 e. The molecule has 2 saturated heterocycles. The minimum absolute atomic E-state index is 0.0871. The molecule has 0 bridgehead atoms. The van der Waals surface area contributed by atoms with Crippen molar-refractivity contribution < 1.29 is 24.2 Å². The van der Waals surface area contributed by atoms with E-state index in [4.69, 9.17) is 19.4 Å². The van der Waals surface area contributed by atoms with E-state index in [-0.39, 0.29) is 17.8 Å². The maximum Gasteiger partial charge on any atom is 0.410 e. The third kappa shape index (κ3) is 7.18. The van der Waals surface area contributed by atoms with E-state index in [9.17, 15) is 4.79 Å². The molecule has 0 aliphatic carbocycles. The zero-order chi connectivity index (χ0) is 17.7. The normalized spacial score (nSPS) is 23.7. The molecule has 2 rings (SSSR count). The maximum absolute atomic E-state index is 12.0. The Balaban J connectivity index is 0.000000593. The number of piperidine rings is 1. The van der Waals surface area contributed by atoms with Gasteiger partial charge in [0.2, 0.25) is 0 Å². The average Bonchev–Trinajstić information content (AvgIpc) is 2.36. The van der Waals surface area contributed by atoms with Crippen LogP contribution in [0.4, 0.5) is 4.79 Å². The molecule has 23 heavy (non-hydrogen) atoms. The van der Waals surface area contributed by atoms with Crippen molar-refractivity contribution in [2.45, 2.75) is 64.8 Å². The molecule has 1 spiro atoms. The van der Waals surface area contributed by atoms with Gasteiger partial charge in [0.05, 0.1) is 11.7 Å². The molecule has 0 aromatic carbocycles. The summed E-state index contributed by atoms with van der Waals surface area (Å²) in [6.07, 6.45) is 1.80. The monoisotopic (exact) mass is 330 g/mol. The van der Waals surface area contributed by atoms with E-state index in [0.29, 0.717) is 13.1 Å². The number of likely N-dealkylation sites (tertiary alicyclic amines) is 1. The molecular weight excluding hydrogens is 300 g/mol. The van der Waals surface area contributed by atoms with Crippen molar-refractivity contribution in [2.75, 3.05) is 26.2 Å². The Morgan fingerprint density at radius 1 is 1.30 bits per heavy atom. The van der Waals surface area contributed by atoms with Crippen molar-refractivity contribution in [1.29, 1.82) is 0 Å². The Morgan fingerprint density at radius 2 is 1.83 bits per heavy atom. The molecule has 2 fully saturated rings. The molecule has 1 atom stereocenters. The molecule has 0 radical (unpaired) electrons. The van der Waals surface area contributed by atoms with Gasteiger partial charge in [-0.25, -0.2) is 4.79 Å². The summed E-state index contributed by atoms with van der Waals surface area (Å²) < 4.78 is 11.5. The second-order valence-electron chi connectivity index (χ2n) is 7.23. The lowest BCUT2D eigenvalue weighted by molar-refractivity contribution is -0.135. The van der Waals surface area contributed by atoms with Crippen LogP contribution in [0.2, 0.25) is 0 Å². The number of carbonyl (C=O) groups excluding carboxylic acids is 1.